The number of rotatable bonds is 10. The molecule has 5 rings (SSSR count). The number of oxazole rings is 1. The number of hydrogen-bond donors (Lipinski definition) is 1. The lowest BCUT2D eigenvalue weighted by Crippen LogP contribution is -2.22. The number of aryl methyl sites for hydroxylation is 1. The Hall–Kier alpha value is -4.36. The molecule has 0 amide bonds. The number of benzene rings is 3. The van der Waals surface area contributed by atoms with E-state index in [1.807, 2.05) is 85.8 Å². The molecule has 1 aliphatic heterocycles. The Morgan fingerprint density at radius 2 is 1.74 bits per heavy atom. The van der Waals surface area contributed by atoms with E-state index >= 15 is 0 Å². The fraction of sp³-hybridized carbons (Fsp3) is 0.226. The van der Waals surface area contributed by atoms with Gasteiger partial charge in [-0.15, -0.1) is 0 Å². The average Bonchev–Trinajstić information content (AvgIpc) is 3.53. The molecule has 7 nitrogen and oxygen atoms in total. The van der Waals surface area contributed by atoms with Crippen LogP contribution in [0.4, 0.5) is 0 Å². The van der Waals surface area contributed by atoms with Gasteiger partial charge in [0.2, 0.25) is 5.89 Å². The van der Waals surface area contributed by atoms with Crippen LogP contribution >= 0.6 is 0 Å². The van der Waals surface area contributed by atoms with Crippen LogP contribution in [0.1, 0.15) is 22.6 Å². The summed E-state index contributed by atoms with van der Waals surface area (Å²) in [6, 6.07) is 25.3. The summed E-state index contributed by atoms with van der Waals surface area (Å²) in [6.07, 6.45) is 0.602. The summed E-state index contributed by atoms with van der Waals surface area (Å²) in [4.78, 5) is 18.8. The second-order valence-corrected chi connectivity index (χ2v) is 9.27. The fourth-order valence-corrected chi connectivity index (χ4v) is 4.66. The molecule has 0 unspecified atom stereocenters. The Labute approximate surface area is 222 Å². The molecular formula is C31H30N2O5. The minimum absolute atomic E-state index is 0.386. The lowest BCUT2D eigenvalue weighted by atomic mass is 10.0. The molecule has 1 aliphatic rings. The van der Waals surface area contributed by atoms with Crippen molar-refractivity contribution in [3.63, 3.8) is 0 Å². The van der Waals surface area contributed by atoms with Gasteiger partial charge in [-0.2, -0.15) is 0 Å². The van der Waals surface area contributed by atoms with E-state index in [0.717, 1.165) is 39.5 Å². The van der Waals surface area contributed by atoms with Gasteiger partial charge in [0, 0.05) is 31.6 Å². The Bertz CT molecular complexity index is 1440. The first kappa shape index (κ1) is 25.3. The van der Waals surface area contributed by atoms with Crippen molar-refractivity contribution >= 4 is 11.5 Å². The molecule has 0 atom stereocenters. The molecule has 3 aromatic carbocycles. The Balaban J connectivity index is 1.24. The van der Waals surface area contributed by atoms with Gasteiger partial charge in [0.25, 0.3) is 0 Å². The van der Waals surface area contributed by atoms with Gasteiger partial charge in [-0.3, -0.25) is 4.90 Å². The quantitative estimate of drug-likeness (QED) is 0.296. The van der Waals surface area contributed by atoms with Crippen LogP contribution in [0.2, 0.25) is 0 Å². The molecule has 0 aliphatic carbocycles. The van der Waals surface area contributed by atoms with Gasteiger partial charge < -0.3 is 19.0 Å². The minimum Gasteiger partial charge on any atom is -0.497 e. The summed E-state index contributed by atoms with van der Waals surface area (Å²) in [7, 11) is 1.64. The summed E-state index contributed by atoms with van der Waals surface area (Å²) >= 11 is 0. The summed E-state index contributed by atoms with van der Waals surface area (Å²) < 4.78 is 17.1. The largest absolute Gasteiger partial charge is 0.497 e. The zero-order chi connectivity index (χ0) is 26.5. The molecule has 0 spiro atoms. The molecule has 2 heterocycles. The van der Waals surface area contributed by atoms with Crippen LogP contribution < -0.4 is 9.47 Å². The number of carboxylic acid groups (broad SMARTS) is 1. The van der Waals surface area contributed by atoms with Crippen molar-refractivity contribution in [2.45, 2.75) is 19.9 Å². The van der Waals surface area contributed by atoms with E-state index in [9.17, 15) is 9.90 Å². The number of aromatic nitrogens is 1. The van der Waals surface area contributed by atoms with Gasteiger partial charge in [0.1, 0.15) is 17.3 Å². The third-order valence-electron chi connectivity index (χ3n) is 6.65. The van der Waals surface area contributed by atoms with Crippen LogP contribution in [0.5, 0.6) is 11.5 Å². The van der Waals surface area contributed by atoms with E-state index < -0.39 is 5.97 Å². The first-order chi connectivity index (χ1) is 18.5. The molecule has 0 bridgehead atoms. The molecular weight excluding hydrogens is 480 g/mol. The zero-order valence-corrected chi connectivity index (χ0v) is 21.5. The van der Waals surface area contributed by atoms with Crippen molar-refractivity contribution in [2.24, 2.45) is 0 Å². The highest BCUT2D eigenvalue weighted by Gasteiger charge is 2.27. The molecule has 0 saturated carbocycles. The van der Waals surface area contributed by atoms with E-state index in [1.165, 1.54) is 0 Å². The van der Waals surface area contributed by atoms with Crippen molar-refractivity contribution in [3.8, 4) is 23.0 Å². The van der Waals surface area contributed by atoms with Gasteiger partial charge in [-0.25, -0.2) is 9.78 Å². The number of methoxy groups -OCH3 is 1. The highest BCUT2D eigenvalue weighted by atomic mass is 16.5. The monoisotopic (exact) mass is 510 g/mol. The van der Waals surface area contributed by atoms with Crippen LogP contribution in [0.25, 0.3) is 17.0 Å². The predicted octanol–water partition coefficient (Wildman–Crippen LogP) is 5.63. The van der Waals surface area contributed by atoms with Gasteiger partial charge in [-0.05, 0) is 60.0 Å². The molecule has 1 aromatic heterocycles. The fourth-order valence-electron chi connectivity index (χ4n) is 4.66. The Morgan fingerprint density at radius 1 is 0.974 bits per heavy atom. The third-order valence-corrected chi connectivity index (χ3v) is 6.65. The van der Waals surface area contributed by atoms with Crippen LogP contribution in [-0.4, -0.2) is 47.8 Å². The van der Waals surface area contributed by atoms with Crippen molar-refractivity contribution in [3.05, 3.63) is 107 Å². The first-order valence-electron chi connectivity index (χ1n) is 12.6. The maximum Gasteiger partial charge on any atom is 0.333 e. The lowest BCUT2D eigenvalue weighted by Gasteiger charge is -2.16. The molecule has 0 radical (unpaired) electrons. The summed E-state index contributed by atoms with van der Waals surface area (Å²) in [6.45, 7) is 3.93. The Kier molecular flexibility index (Phi) is 7.56. The van der Waals surface area contributed by atoms with Crippen molar-refractivity contribution < 1.29 is 23.8 Å². The standard InChI is InChI=1S/C31H30N2O5/c1-21-29(32-30(38-21)23-7-4-3-5-8-23)15-16-37-26-10-6-9-24(17-26)27-19-33(20-28(27)31(34)35)18-22-11-13-25(36-2)14-12-22/h3-14,17H,15-16,18-20H2,1-2H3,(H,34,35). The minimum atomic E-state index is -0.890. The first-order valence-corrected chi connectivity index (χ1v) is 12.6. The van der Waals surface area contributed by atoms with E-state index in [-0.39, 0.29) is 0 Å². The normalized spacial score (nSPS) is 13.6. The number of ether oxygens (including phenoxy) is 2. The van der Waals surface area contributed by atoms with Crippen LogP contribution in [0, 0.1) is 6.92 Å². The summed E-state index contributed by atoms with van der Waals surface area (Å²) in [5.41, 5.74) is 5.00. The van der Waals surface area contributed by atoms with Crippen LogP contribution in [0.3, 0.4) is 0 Å². The predicted molar refractivity (Wildman–Crippen MR) is 145 cm³/mol. The molecule has 0 fully saturated rings. The second kappa shape index (κ2) is 11.4. The molecule has 1 N–H and O–H groups in total. The maximum absolute atomic E-state index is 12.1. The van der Waals surface area contributed by atoms with E-state index in [4.69, 9.17) is 13.9 Å². The SMILES string of the molecule is COc1ccc(CN2CC(C(=O)O)=C(c3cccc(OCCc4nc(-c5ccccc5)oc4C)c3)C2)cc1. The van der Waals surface area contributed by atoms with E-state index in [1.54, 1.807) is 7.11 Å². The smallest absolute Gasteiger partial charge is 0.333 e. The molecule has 7 heteroatoms. The summed E-state index contributed by atoms with van der Waals surface area (Å²) in [5, 5.41) is 9.90. The average molecular weight is 511 g/mol. The highest BCUT2D eigenvalue weighted by Crippen LogP contribution is 2.30. The van der Waals surface area contributed by atoms with Crippen molar-refractivity contribution in [1.29, 1.82) is 0 Å². The zero-order valence-electron chi connectivity index (χ0n) is 21.5. The molecule has 38 heavy (non-hydrogen) atoms. The van der Waals surface area contributed by atoms with Crippen molar-refractivity contribution in [2.75, 3.05) is 26.8 Å². The summed E-state index contributed by atoms with van der Waals surface area (Å²) in [5.74, 6) is 1.98. The van der Waals surface area contributed by atoms with Crippen LogP contribution in [0.15, 0.2) is 88.9 Å². The van der Waals surface area contributed by atoms with Gasteiger partial charge in [0.05, 0.1) is 25.0 Å². The molecule has 0 saturated heterocycles. The van der Waals surface area contributed by atoms with Crippen molar-refractivity contribution in [1.82, 2.24) is 9.88 Å². The second-order valence-electron chi connectivity index (χ2n) is 9.27. The maximum atomic E-state index is 12.1. The lowest BCUT2D eigenvalue weighted by molar-refractivity contribution is -0.132. The molecule has 194 valence electrons. The third kappa shape index (κ3) is 5.79. The highest BCUT2D eigenvalue weighted by molar-refractivity contribution is 5.98. The van der Waals surface area contributed by atoms with Gasteiger partial charge >= 0.3 is 5.97 Å². The Morgan fingerprint density at radius 3 is 2.47 bits per heavy atom. The van der Waals surface area contributed by atoms with E-state index in [2.05, 4.69) is 9.88 Å². The topological polar surface area (TPSA) is 85.0 Å². The molecule has 4 aromatic rings. The number of carboxylic acids is 1. The number of carbonyl (C=O) groups is 1. The van der Waals surface area contributed by atoms with Gasteiger partial charge in [-0.1, -0.05) is 42.5 Å². The van der Waals surface area contributed by atoms with Gasteiger partial charge in [0.15, 0.2) is 0 Å². The van der Waals surface area contributed by atoms with E-state index in [0.29, 0.717) is 49.9 Å². The number of nitrogens with zero attached hydrogens (tertiary/aromatic N) is 2. The number of hydrogen-bond acceptors (Lipinski definition) is 6. The number of aliphatic carboxylic acids is 1. The van der Waals surface area contributed by atoms with Crippen LogP contribution in [-0.2, 0) is 17.8 Å².